The van der Waals surface area contributed by atoms with E-state index in [0.717, 1.165) is 44.3 Å². The first-order chi connectivity index (χ1) is 16.5. The van der Waals surface area contributed by atoms with Crippen molar-refractivity contribution >= 4 is 38.7 Å². The van der Waals surface area contributed by atoms with E-state index < -0.39 is 0 Å². The number of hydrogen-bond acceptors (Lipinski definition) is 8. The second-order valence-electron chi connectivity index (χ2n) is 8.32. The zero-order chi connectivity index (χ0) is 23.7. The molecule has 5 rings (SSSR count). The minimum Gasteiger partial charge on any atom is -0.367 e. The number of aryl methyl sites for hydroxylation is 3. The van der Waals surface area contributed by atoms with E-state index in [1.807, 2.05) is 37.3 Å². The van der Waals surface area contributed by atoms with Crippen molar-refractivity contribution in [3.05, 3.63) is 76.0 Å². The van der Waals surface area contributed by atoms with E-state index in [-0.39, 0.29) is 6.04 Å². The summed E-state index contributed by atoms with van der Waals surface area (Å²) in [5.41, 5.74) is 11.8. The number of nitrogens with one attached hydrogen (secondary N) is 1. The number of thiazole rings is 1. The molecule has 1 unspecified atom stereocenters. The molecule has 0 amide bonds. The van der Waals surface area contributed by atoms with E-state index in [0.29, 0.717) is 12.4 Å². The van der Waals surface area contributed by atoms with Crippen LogP contribution in [0.2, 0.25) is 0 Å². The molecule has 34 heavy (non-hydrogen) atoms. The summed E-state index contributed by atoms with van der Waals surface area (Å²) in [7, 11) is 0. The van der Waals surface area contributed by atoms with Crippen molar-refractivity contribution in [1.82, 2.24) is 19.9 Å². The Labute approximate surface area is 207 Å². The largest absolute Gasteiger partial charge is 0.367 e. The monoisotopic (exact) mass is 486 g/mol. The number of nitrogens with two attached hydrogens (primary N) is 1. The third-order valence-electron chi connectivity index (χ3n) is 5.65. The summed E-state index contributed by atoms with van der Waals surface area (Å²) >= 11 is 3.43. The Bertz CT molecular complexity index is 1430. The van der Waals surface area contributed by atoms with Crippen LogP contribution in [-0.2, 0) is 6.42 Å². The Kier molecular flexibility index (Phi) is 6.36. The summed E-state index contributed by atoms with van der Waals surface area (Å²) in [6.07, 6.45) is 4.33. The number of thiophene rings is 1. The molecule has 1 atom stereocenters. The van der Waals surface area contributed by atoms with Gasteiger partial charge >= 0.3 is 0 Å². The summed E-state index contributed by atoms with van der Waals surface area (Å²) in [6.45, 7) is 6.87. The van der Waals surface area contributed by atoms with Crippen LogP contribution in [0.25, 0.3) is 32.0 Å². The average molecular weight is 487 g/mol. The van der Waals surface area contributed by atoms with Gasteiger partial charge < -0.3 is 11.1 Å². The normalized spacial score (nSPS) is 12.2. The summed E-state index contributed by atoms with van der Waals surface area (Å²) < 4.78 is 1.04. The zero-order valence-corrected chi connectivity index (χ0v) is 21.0. The van der Waals surface area contributed by atoms with Gasteiger partial charge in [-0.1, -0.05) is 30.3 Å². The molecule has 0 spiro atoms. The Balaban J connectivity index is 1.56. The van der Waals surface area contributed by atoms with Crippen LogP contribution in [0.1, 0.15) is 21.1 Å². The van der Waals surface area contributed by atoms with E-state index in [9.17, 15) is 0 Å². The van der Waals surface area contributed by atoms with E-state index >= 15 is 0 Å². The maximum Gasteiger partial charge on any atom is 0.162 e. The summed E-state index contributed by atoms with van der Waals surface area (Å²) in [5.74, 6) is 1.49. The third kappa shape index (κ3) is 4.57. The molecular weight excluding hydrogens is 460 g/mol. The smallest absolute Gasteiger partial charge is 0.162 e. The molecule has 0 bridgehead atoms. The second-order valence-corrected chi connectivity index (χ2v) is 10.7. The Morgan fingerprint density at radius 3 is 2.41 bits per heavy atom. The molecule has 0 aliphatic rings. The van der Waals surface area contributed by atoms with Crippen molar-refractivity contribution in [2.24, 2.45) is 5.73 Å². The van der Waals surface area contributed by atoms with Crippen molar-refractivity contribution in [3.63, 3.8) is 0 Å². The minimum atomic E-state index is -0.0382. The van der Waals surface area contributed by atoms with Crippen molar-refractivity contribution in [1.29, 1.82) is 0 Å². The zero-order valence-electron chi connectivity index (χ0n) is 19.4. The van der Waals surface area contributed by atoms with Crippen LogP contribution in [0, 0.1) is 20.8 Å². The van der Waals surface area contributed by atoms with E-state index in [1.54, 1.807) is 35.1 Å². The lowest BCUT2D eigenvalue weighted by Crippen LogP contribution is -2.31. The number of hydrogen-bond donors (Lipinski definition) is 2. The van der Waals surface area contributed by atoms with Gasteiger partial charge in [-0.2, -0.15) is 0 Å². The number of anilines is 1. The van der Waals surface area contributed by atoms with Gasteiger partial charge in [0.15, 0.2) is 5.82 Å². The van der Waals surface area contributed by atoms with Crippen LogP contribution in [0.15, 0.2) is 54.9 Å². The maximum absolute atomic E-state index is 6.48. The molecule has 3 N–H and O–H groups in total. The molecule has 5 aromatic rings. The minimum absolute atomic E-state index is 0.0382. The number of benzene rings is 1. The standard InChI is InChI=1S/C26H26N6S2/c1-15-23(34-17(3)30-15)21-16(2)33-24-22(21)31-25(19-9-11-28-12-10-19)32-26(24)29-14-20(27)13-18-7-5-4-6-8-18/h4-12,20H,13-14,27H2,1-3H3,(H,29,31,32). The number of rotatable bonds is 7. The van der Waals surface area contributed by atoms with Crippen LogP contribution in [0.4, 0.5) is 5.82 Å². The topological polar surface area (TPSA) is 89.6 Å². The van der Waals surface area contributed by atoms with Crippen LogP contribution in [0.3, 0.4) is 0 Å². The van der Waals surface area contributed by atoms with E-state index in [4.69, 9.17) is 15.7 Å². The van der Waals surface area contributed by atoms with Crippen molar-refractivity contribution in [3.8, 4) is 21.8 Å². The fraction of sp³-hybridized carbons (Fsp3) is 0.231. The molecule has 0 aliphatic heterocycles. The highest BCUT2D eigenvalue weighted by Gasteiger charge is 2.22. The average Bonchev–Trinajstić information content (AvgIpc) is 3.35. The first kappa shape index (κ1) is 22.6. The fourth-order valence-corrected chi connectivity index (χ4v) is 6.24. The molecule has 6 nitrogen and oxygen atoms in total. The number of pyridine rings is 1. The van der Waals surface area contributed by atoms with Crippen LogP contribution < -0.4 is 11.1 Å². The molecule has 0 fully saturated rings. The highest BCUT2D eigenvalue weighted by molar-refractivity contribution is 7.21. The van der Waals surface area contributed by atoms with Crippen LogP contribution >= 0.6 is 22.7 Å². The Hall–Kier alpha value is -3.20. The summed E-state index contributed by atoms with van der Waals surface area (Å²) in [5, 5.41) is 4.59. The molecule has 1 aromatic carbocycles. The summed E-state index contributed by atoms with van der Waals surface area (Å²) in [6, 6.07) is 14.2. The van der Waals surface area contributed by atoms with Crippen LogP contribution in [-0.4, -0.2) is 32.5 Å². The summed E-state index contributed by atoms with van der Waals surface area (Å²) in [4.78, 5) is 21.1. The lowest BCUT2D eigenvalue weighted by Gasteiger charge is -2.14. The van der Waals surface area contributed by atoms with Gasteiger partial charge in [-0.3, -0.25) is 4.98 Å². The first-order valence-corrected chi connectivity index (χ1v) is 12.8. The Morgan fingerprint density at radius 2 is 1.71 bits per heavy atom. The molecule has 0 saturated heterocycles. The second kappa shape index (κ2) is 9.58. The highest BCUT2D eigenvalue weighted by atomic mass is 32.1. The molecule has 0 saturated carbocycles. The molecule has 0 aliphatic carbocycles. The van der Waals surface area contributed by atoms with Gasteiger partial charge in [0.05, 0.1) is 25.8 Å². The molecule has 172 valence electrons. The lowest BCUT2D eigenvalue weighted by atomic mass is 10.1. The van der Waals surface area contributed by atoms with Gasteiger partial charge in [-0.15, -0.1) is 22.7 Å². The molecule has 0 radical (unpaired) electrons. The van der Waals surface area contributed by atoms with Gasteiger partial charge in [-0.05, 0) is 44.9 Å². The van der Waals surface area contributed by atoms with Gasteiger partial charge in [0.25, 0.3) is 0 Å². The van der Waals surface area contributed by atoms with Crippen molar-refractivity contribution < 1.29 is 0 Å². The first-order valence-electron chi connectivity index (χ1n) is 11.2. The number of nitrogens with zero attached hydrogens (tertiary/aromatic N) is 4. The van der Waals surface area contributed by atoms with Gasteiger partial charge in [-0.25, -0.2) is 15.0 Å². The van der Waals surface area contributed by atoms with E-state index in [1.165, 1.54) is 15.3 Å². The van der Waals surface area contributed by atoms with Gasteiger partial charge in [0.1, 0.15) is 5.82 Å². The van der Waals surface area contributed by atoms with Gasteiger partial charge in [0.2, 0.25) is 0 Å². The van der Waals surface area contributed by atoms with Crippen molar-refractivity contribution in [2.45, 2.75) is 33.2 Å². The lowest BCUT2D eigenvalue weighted by molar-refractivity contribution is 0.698. The fourth-order valence-electron chi connectivity index (χ4n) is 4.08. The predicted octanol–water partition coefficient (Wildman–Crippen LogP) is 5.78. The molecular formula is C26H26N6S2. The van der Waals surface area contributed by atoms with Crippen molar-refractivity contribution in [2.75, 3.05) is 11.9 Å². The van der Waals surface area contributed by atoms with Gasteiger partial charge in [0, 0.05) is 41.0 Å². The number of fused-ring (bicyclic) bond motifs is 1. The highest BCUT2D eigenvalue weighted by Crippen LogP contribution is 2.44. The SMILES string of the molecule is Cc1nc(C)c(-c2c(C)sc3c(NCC(N)Cc4ccccc4)nc(-c4ccncc4)nc23)s1. The third-order valence-corrected chi connectivity index (χ3v) is 7.84. The molecule has 4 aromatic heterocycles. The Morgan fingerprint density at radius 1 is 0.941 bits per heavy atom. The predicted molar refractivity (Wildman–Crippen MR) is 143 cm³/mol. The maximum atomic E-state index is 6.48. The number of aromatic nitrogens is 4. The quantitative estimate of drug-likeness (QED) is 0.303. The van der Waals surface area contributed by atoms with Crippen LogP contribution in [0.5, 0.6) is 0 Å². The molecule has 4 heterocycles. The molecule has 8 heteroatoms. The van der Waals surface area contributed by atoms with E-state index in [2.05, 4.69) is 41.3 Å².